The van der Waals surface area contributed by atoms with Gasteiger partial charge in [-0.2, -0.15) is 0 Å². The average molecular weight is 445 g/mol. The second-order valence-electron chi connectivity index (χ2n) is 8.22. The Morgan fingerprint density at radius 3 is 2.55 bits per heavy atom. The molecule has 1 unspecified atom stereocenters. The molecule has 1 aromatic heterocycles. The molecule has 2 aromatic rings. The number of amides is 3. The highest BCUT2D eigenvalue weighted by Crippen LogP contribution is 2.40. The lowest BCUT2D eigenvalue weighted by atomic mass is 9.75. The summed E-state index contributed by atoms with van der Waals surface area (Å²) < 4.78 is 13.9. The van der Waals surface area contributed by atoms with Crippen molar-refractivity contribution in [1.82, 2.24) is 19.7 Å². The standard InChI is InChI=1S/C22H25FN4O3S/c1-15-24-18(14-31-15)13-26-6-8-27(9-7-26)20(29)12-22(11-19(28)25(2)21(22)30)16-4-3-5-17(23)10-16/h3-5,10,14H,6-9,11-13H2,1-2H3. The predicted molar refractivity (Wildman–Crippen MR) is 114 cm³/mol. The van der Waals surface area contributed by atoms with Crippen LogP contribution in [0.2, 0.25) is 0 Å². The van der Waals surface area contributed by atoms with Crippen LogP contribution in [0.5, 0.6) is 0 Å². The molecule has 3 heterocycles. The van der Waals surface area contributed by atoms with Gasteiger partial charge in [-0.1, -0.05) is 12.1 Å². The summed E-state index contributed by atoms with van der Waals surface area (Å²) in [5.74, 6) is -1.49. The van der Waals surface area contributed by atoms with Crippen LogP contribution in [0, 0.1) is 12.7 Å². The van der Waals surface area contributed by atoms with Crippen LogP contribution in [-0.2, 0) is 26.3 Å². The molecule has 2 aliphatic heterocycles. The summed E-state index contributed by atoms with van der Waals surface area (Å²) in [6.07, 6.45) is -0.267. The normalized spacial score (nSPS) is 22.4. The Balaban J connectivity index is 1.46. The van der Waals surface area contributed by atoms with Gasteiger partial charge in [0.1, 0.15) is 5.82 Å². The molecule has 1 aromatic carbocycles. The van der Waals surface area contributed by atoms with E-state index in [9.17, 15) is 18.8 Å². The first-order valence-electron chi connectivity index (χ1n) is 10.3. The van der Waals surface area contributed by atoms with E-state index in [0.29, 0.717) is 31.7 Å². The topological polar surface area (TPSA) is 73.8 Å². The Morgan fingerprint density at radius 1 is 1.23 bits per heavy atom. The fourth-order valence-corrected chi connectivity index (χ4v) is 4.98. The van der Waals surface area contributed by atoms with Crippen LogP contribution < -0.4 is 0 Å². The molecule has 2 fully saturated rings. The van der Waals surface area contributed by atoms with Crippen LogP contribution in [0.4, 0.5) is 4.39 Å². The fourth-order valence-electron chi connectivity index (χ4n) is 4.37. The van der Waals surface area contributed by atoms with Gasteiger partial charge in [0.15, 0.2) is 0 Å². The quantitative estimate of drug-likeness (QED) is 0.659. The minimum atomic E-state index is -1.35. The molecule has 4 rings (SSSR count). The lowest BCUT2D eigenvalue weighted by molar-refractivity contribution is -0.142. The lowest BCUT2D eigenvalue weighted by Gasteiger charge is -2.36. The van der Waals surface area contributed by atoms with Crippen LogP contribution in [-0.4, -0.2) is 70.6 Å². The van der Waals surface area contributed by atoms with E-state index in [0.717, 1.165) is 22.1 Å². The zero-order valence-corrected chi connectivity index (χ0v) is 18.5. The number of hydrogen-bond donors (Lipinski definition) is 0. The molecule has 9 heteroatoms. The first-order valence-corrected chi connectivity index (χ1v) is 11.1. The van der Waals surface area contributed by atoms with Crippen molar-refractivity contribution in [3.05, 3.63) is 51.7 Å². The number of benzene rings is 1. The van der Waals surface area contributed by atoms with Crippen LogP contribution in [0.3, 0.4) is 0 Å². The summed E-state index contributed by atoms with van der Waals surface area (Å²) in [6.45, 7) is 5.23. The second kappa shape index (κ2) is 8.47. The predicted octanol–water partition coefficient (Wildman–Crippen LogP) is 1.95. The summed E-state index contributed by atoms with van der Waals surface area (Å²) in [5, 5.41) is 3.08. The molecule has 1 atom stereocenters. The summed E-state index contributed by atoms with van der Waals surface area (Å²) in [6, 6.07) is 5.67. The monoisotopic (exact) mass is 444 g/mol. The first-order chi connectivity index (χ1) is 14.8. The fraction of sp³-hybridized carbons (Fsp3) is 0.455. The molecule has 2 aliphatic rings. The molecule has 2 saturated heterocycles. The number of hydrogen-bond acceptors (Lipinski definition) is 6. The number of halogens is 1. The SMILES string of the molecule is Cc1nc(CN2CCN(C(=O)CC3(c4cccc(F)c4)CC(=O)N(C)C3=O)CC2)cs1. The Kier molecular flexibility index (Phi) is 5.90. The smallest absolute Gasteiger partial charge is 0.240 e. The van der Waals surface area contributed by atoms with Crippen LogP contribution in [0.25, 0.3) is 0 Å². The van der Waals surface area contributed by atoms with Gasteiger partial charge < -0.3 is 4.90 Å². The van der Waals surface area contributed by atoms with E-state index >= 15 is 0 Å². The van der Waals surface area contributed by atoms with E-state index in [1.54, 1.807) is 22.3 Å². The number of nitrogens with zero attached hydrogens (tertiary/aromatic N) is 4. The molecule has 3 amide bonds. The largest absolute Gasteiger partial charge is 0.340 e. The van der Waals surface area contributed by atoms with Gasteiger partial charge in [0.05, 0.1) is 16.1 Å². The molecular weight excluding hydrogens is 419 g/mol. The number of aromatic nitrogens is 1. The van der Waals surface area contributed by atoms with Crippen molar-refractivity contribution in [3.63, 3.8) is 0 Å². The summed E-state index contributed by atoms with van der Waals surface area (Å²) in [7, 11) is 1.41. The minimum Gasteiger partial charge on any atom is -0.340 e. The molecule has 0 aliphatic carbocycles. The van der Waals surface area contributed by atoms with Gasteiger partial charge in [0, 0.05) is 58.0 Å². The van der Waals surface area contributed by atoms with Crippen molar-refractivity contribution in [2.24, 2.45) is 0 Å². The number of likely N-dealkylation sites (tertiary alicyclic amines) is 1. The number of thiazole rings is 1. The number of carbonyl (C=O) groups excluding carboxylic acids is 3. The maximum Gasteiger partial charge on any atom is 0.240 e. The number of aryl methyl sites for hydroxylation is 1. The van der Waals surface area contributed by atoms with Crippen molar-refractivity contribution < 1.29 is 18.8 Å². The first kappa shape index (κ1) is 21.6. The Labute approximate surface area is 184 Å². The molecule has 0 spiro atoms. The Bertz CT molecular complexity index is 1020. The third kappa shape index (κ3) is 4.24. The van der Waals surface area contributed by atoms with E-state index in [4.69, 9.17) is 0 Å². The van der Waals surface area contributed by atoms with Crippen molar-refractivity contribution >= 4 is 29.1 Å². The summed E-state index contributed by atoms with van der Waals surface area (Å²) in [4.78, 5) is 48.0. The van der Waals surface area contributed by atoms with Crippen LogP contribution in [0.1, 0.15) is 29.1 Å². The zero-order valence-electron chi connectivity index (χ0n) is 17.6. The Hall–Kier alpha value is -2.65. The highest BCUT2D eigenvalue weighted by molar-refractivity contribution is 7.09. The molecule has 0 saturated carbocycles. The van der Waals surface area contributed by atoms with Gasteiger partial charge in [-0.05, 0) is 24.6 Å². The minimum absolute atomic E-state index is 0.124. The molecule has 7 nitrogen and oxygen atoms in total. The maximum atomic E-state index is 13.9. The molecule has 0 bridgehead atoms. The average Bonchev–Trinajstić information content (AvgIpc) is 3.25. The molecule has 164 valence electrons. The number of rotatable bonds is 5. The van der Waals surface area contributed by atoms with E-state index in [-0.39, 0.29) is 24.7 Å². The summed E-state index contributed by atoms with van der Waals surface area (Å²) >= 11 is 1.62. The van der Waals surface area contributed by atoms with Crippen molar-refractivity contribution in [2.75, 3.05) is 33.2 Å². The molecule has 31 heavy (non-hydrogen) atoms. The van der Waals surface area contributed by atoms with Gasteiger partial charge in [-0.25, -0.2) is 9.37 Å². The van der Waals surface area contributed by atoms with E-state index in [1.807, 2.05) is 6.92 Å². The second-order valence-corrected chi connectivity index (χ2v) is 9.28. The Morgan fingerprint density at radius 2 is 1.97 bits per heavy atom. The van der Waals surface area contributed by atoms with Crippen molar-refractivity contribution in [3.8, 4) is 0 Å². The van der Waals surface area contributed by atoms with E-state index < -0.39 is 17.1 Å². The molecule has 0 radical (unpaired) electrons. The van der Waals surface area contributed by atoms with E-state index in [1.165, 1.54) is 25.2 Å². The molecular formula is C22H25FN4O3S. The van der Waals surface area contributed by atoms with Crippen molar-refractivity contribution in [1.29, 1.82) is 0 Å². The van der Waals surface area contributed by atoms with E-state index in [2.05, 4.69) is 15.3 Å². The van der Waals surface area contributed by atoms with Gasteiger partial charge in [-0.15, -0.1) is 11.3 Å². The number of carbonyl (C=O) groups is 3. The third-order valence-electron chi connectivity index (χ3n) is 6.15. The van der Waals surface area contributed by atoms with Gasteiger partial charge >= 0.3 is 0 Å². The summed E-state index contributed by atoms with van der Waals surface area (Å²) in [5.41, 5.74) is 0.0619. The highest BCUT2D eigenvalue weighted by Gasteiger charge is 2.53. The number of piperazine rings is 1. The van der Waals surface area contributed by atoms with Crippen LogP contribution >= 0.6 is 11.3 Å². The third-order valence-corrected chi connectivity index (χ3v) is 6.97. The van der Waals surface area contributed by atoms with Crippen molar-refractivity contribution in [2.45, 2.75) is 31.7 Å². The highest BCUT2D eigenvalue weighted by atomic mass is 32.1. The number of likely N-dealkylation sites (N-methyl/N-ethyl adjacent to an activating group) is 1. The lowest BCUT2D eigenvalue weighted by Crippen LogP contribution is -2.50. The number of imide groups is 1. The van der Waals surface area contributed by atoms with Gasteiger partial charge in [0.2, 0.25) is 17.7 Å². The van der Waals surface area contributed by atoms with Gasteiger partial charge in [0.25, 0.3) is 0 Å². The zero-order chi connectivity index (χ0) is 22.2. The van der Waals surface area contributed by atoms with Gasteiger partial charge in [-0.3, -0.25) is 24.2 Å². The molecule has 0 N–H and O–H groups in total. The maximum absolute atomic E-state index is 13.9. The van der Waals surface area contributed by atoms with Crippen LogP contribution in [0.15, 0.2) is 29.6 Å².